The van der Waals surface area contributed by atoms with Crippen LogP contribution in [0.2, 0.25) is 0 Å². The first-order valence-electron chi connectivity index (χ1n) is 7.29. The third-order valence-corrected chi connectivity index (χ3v) is 3.92. The number of halogens is 4. The van der Waals surface area contributed by atoms with Gasteiger partial charge in [0.2, 0.25) is 0 Å². The molecule has 2 aromatic carbocycles. The molecule has 0 radical (unpaired) electrons. The van der Waals surface area contributed by atoms with Crippen LogP contribution in [0.15, 0.2) is 53.6 Å². The molecular weight excluding hydrogens is 358 g/mol. The number of hydrogen-bond donors (Lipinski definition) is 1. The topological polar surface area (TPSA) is 79.0 Å². The van der Waals surface area contributed by atoms with Crippen LogP contribution in [-0.4, -0.2) is 27.6 Å². The summed E-state index contributed by atoms with van der Waals surface area (Å²) < 4.78 is 53.5. The fraction of sp³-hybridized carbons (Fsp3) is 0.188. The molecule has 136 valence electrons. The lowest BCUT2D eigenvalue weighted by Gasteiger charge is -2.33. The maximum absolute atomic E-state index is 13.5. The zero-order valence-corrected chi connectivity index (χ0v) is 12.9. The zero-order chi connectivity index (χ0) is 19.1. The molecule has 10 heteroatoms. The molecule has 0 aromatic heterocycles. The summed E-state index contributed by atoms with van der Waals surface area (Å²) in [4.78, 5) is 9.99. The summed E-state index contributed by atoms with van der Waals surface area (Å²) in [6.07, 6.45) is -5.93. The molecule has 1 aliphatic rings. The molecule has 3 rings (SSSR count). The van der Waals surface area contributed by atoms with Crippen molar-refractivity contribution in [2.24, 2.45) is 5.10 Å². The average molecular weight is 369 g/mol. The van der Waals surface area contributed by atoms with Gasteiger partial charge in [-0.3, -0.25) is 10.1 Å². The van der Waals surface area contributed by atoms with E-state index < -0.39 is 29.1 Å². The van der Waals surface area contributed by atoms with Gasteiger partial charge in [0.15, 0.2) is 0 Å². The van der Waals surface area contributed by atoms with Crippen LogP contribution < -0.4 is 5.01 Å². The van der Waals surface area contributed by atoms with Crippen molar-refractivity contribution in [3.8, 4) is 0 Å². The van der Waals surface area contributed by atoms with Crippen LogP contribution in [0.4, 0.5) is 28.9 Å². The average Bonchev–Trinajstić information content (AvgIpc) is 2.94. The van der Waals surface area contributed by atoms with E-state index in [-0.39, 0.29) is 22.6 Å². The second-order valence-electron chi connectivity index (χ2n) is 5.63. The predicted octanol–water partition coefficient (Wildman–Crippen LogP) is 3.60. The second kappa shape index (κ2) is 6.06. The van der Waals surface area contributed by atoms with Crippen LogP contribution in [0.3, 0.4) is 0 Å². The fourth-order valence-corrected chi connectivity index (χ4v) is 2.56. The molecule has 0 fully saturated rings. The van der Waals surface area contributed by atoms with Gasteiger partial charge in [-0.15, -0.1) is 0 Å². The Labute approximate surface area is 144 Å². The molecule has 0 aliphatic carbocycles. The van der Waals surface area contributed by atoms with E-state index in [0.717, 1.165) is 36.4 Å². The van der Waals surface area contributed by atoms with Crippen molar-refractivity contribution in [2.75, 3.05) is 5.01 Å². The van der Waals surface area contributed by atoms with Crippen molar-refractivity contribution in [1.82, 2.24) is 0 Å². The highest BCUT2D eigenvalue weighted by Crippen LogP contribution is 2.43. The van der Waals surface area contributed by atoms with Crippen molar-refractivity contribution in [1.29, 1.82) is 0 Å². The van der Waals surface area contributed by atoms with E-state index in [1.54, 1.807) is 0 Å². The highest BCUT2D eigenvalue weighted by atomic mass is 19.4. The quantitative estimate of drug-likeness (QED) is 0.509. The maximum atomic E-state index is 13.5. The molecule has 2 aromatic rings. The van der Waals surface area contributed by atoms with Crippen LogP contribution in [-0.2, 0) is 0 Å². The number of hydrazone groups is 1. The van der Waals surface area contributed by atoms with Gasteiger partial charge in [-0.2, -0.15) is 18.3 Å². The lowest BCUT2D eigenvalue weighted by molar-refractivity contribution is -0.384. The number of non-ortho nitro benzene ring substituents is 1. The summed E-state index contributed by atoms with van der Waals surface area (Å²) in [5, 5.41) is 25.2. The molecule has 1 heterocycles. The molecule has 0 saturated carbocycles. The highest BCUT2D eigenvalue weighted by molar-refractivity contribution is 6.03. The molecule has 0 spiro atoms. The van der Waals surface area contributed by atoms with Crippen LogP contribution in [0.1, 0.15) is 12.0 Å². The lowest BCUT2D eigenvalue weighted by atomic mass is 10.0. The van der Waals surface area contributed by atoms with Gasteiger partial charge < -0.3 is 5.11 Å². The van der Waals surface area contributed by atoms with E-state index in [1.807, 2.05) is 0 Å². The van der Waals surface area contributed by atoms with Gasteiger partial charge in [0.25, 0.3) is 11.4 Å². The molecule has 1 aliphatic heterocycles. The predicted molar refractivity (Wildman–Crippen MR) is 84.1 cm³/mol. The molecule has 1 unspecified atom stereocenters. The van der Waals surface area contributed by atoms with Gasteiger partial charge in [-0.05, 0) is 29.8 Å². The molecular formula is C16H11F4N3O3. The van der Waals surface area contributed by atoms with E-state index in [9.17, 15) is 32.8 Å². The Morgan fingerprint density at radius 2 is 1.69 bits per heavy atom. The van der Waals surface area contributed by atoms with Crippen LogP contribution >= 0.6 is 0 Å². The van der Waals surface area contributed by atoms with E-state index in [2.05, 4.69) is 5.10 Å². The molecule has 1 N–H and O–H groups in total. The fourth-order valence-electron chi connectivity index (χ4n) is 2.56. The maximum Gasteiger partial charge on any atom is 0.438 e. The molecule has 1 atom stereocenters. The van der Waals surface area contributed by atoms with Gasteiger partial charge in [0.1, 0.15) is 5.82 Å². The summed E-state index contributed by atoms with van der Waals surface area (Å²) in [6.45, 7) is 0. The van der Waals surface area contributed by atoms with Crippen molar-refractivity contribution in [3.05, 3.63) is 70.0 Å². The third kappa shape index (κ3) is 2.99. The van der Waals surface area contributed by atoms with Crippen LogP contribution in [0, 0.1) is 15.9 Å². The number of nitro benzene ring substituents is 1. The normalized spacial score (nSPS) is 20.2. The Kier molecular flexibility index (Phi) is 4.15. The Morgan fingerprint density at radius 3 is 2.19 bits per heavy atom. The minimum atomic E-state index is -5.06. The summed E-state index contributed by atoms with van der Waals surface area (Å²) in [7, 11) is 0. The minimum absolute atomic E-state index is 0.0943. The van der Waals surface area contributed by atoms with Crippen molar-refractivity contribution in [3.63, 3.8) is 0 Å². The molecule has 0 saturated heterocycles. The second-order valence-corrected chi connectivity index (χ2v) is 5.63. The Hall–Kier alpha value is -3.01. The number of nitro groups is 1. The summed E-state index contributed by atoms with van der Waals surface area (Å²) in [6, 6.07) is 8.79. The van der Waals surface area contributed by atoms with Gasteiger partial charge in [0.05, 0.1) is 22.7 Å². The third-order valence-electron chi connectivity index (χ3n) is 3.92. The number of benzene rings is 2. The Bertz CT molecular complexity index is 866. The highest BCUT2D eigenvalue weighted by Gasteiger charge is 2.62. The van der Waals surface area contributed by atoms with Crippen LogP contribution in [0.5, 0.6) is 0 Å². The first-order valence-corrected chi connectivity index (χ1v) is 7.29. The first kappa shape index (κ1) is 17.8. The number of hydrogen-bond acceptors (Lipinski definition) is 5. The van der Waals surface area contributed by atoms with E-state index in [1.165, 1.54) is 12.1 Å². The monoisotopic (exact) mass is 369 g/mol. The van der Waals surface area contributed by atoms with Gasteiger partial charge in [-0.1, -0.05) is 12.1 Å². The van der Waals surface area contributed by atoms with Crippen molar-refractivity contribution < 1.29 is 27.6 Å². The van der Waals surface area contributed by atoms with E-state index in [4.69, 9.17) is 0 Å². The van der Waals surface area contributed by atoms with Crippen molar-refractivity contribution >= 4 is 17.1 Å². The van der Waals surface area contributed by atoms with Gasteiger partial charge >= 0.3 is 6.18 Å². The lowest BCUT2D eigenvalue weighted by Crippen LogP contribution is -2.55. The number of anilines is 1. The largest absolute Gasteiger partial charge is 0.438 e. The number of aliphatic hydroxyl groups is 1. The van der Waals surface area contributed by atoms with Gasteiger partial charge in [0, 0.05) is 12.1 Å². The first-order chi connectivity index (χ1) is 12.1. The number of alkyl halides is 3. The standard InChI is InChI=1S/C16H11F4N3O3/c17-11-3-1-10(2-4-11)14-9-15(24,16(18,19)20)22(21-14)12-5-7-13(8-6-12)23(25)26/h1-8,24H,9H2. The minimum Gasteiger partial charge on any atom is -0.362 e. The molecule has 6 nitrogen and oxygen atoms in total. The van der Waals surface area contributed by atoms with Gasteiger partial charge in [-0.25, -0.2) is 9.40 Å². The SMILES string of the molecule is O=[N+]([O-])c1ccc(N2N=C(c3ccc(F)cc3)CC2(O)C(F)(F)F)cc1. The number of nitrogens with zero attached hydrogens (tertiary/aromatic N) is 3. The summed E-state index contributed by atoms with van der Waals surface area (Å²) >= 11 is 0. The molecule has 0 amide bonds. The molecule has 0 bridgehead atoms. The van der Waals surface area contributed by atoms with E-state index in [0.29, 0.717) is 5.01 Å². The smallest absolute Gasteiger partial charge is 0.362 e. The summed E-state index contributed by atoms with van der Waals surface area (Å²) in [5.41, 5.74) is -3.69. The number of rotatable bonds is 3. The van der Waals surface area contributed by atoms with Crippen molar-refractivity contribution in [2.45, 2.75) is 18.3 Å². The summed E-state index contributed by atoms with van der Waals surface area (Å²) in [5.74, 6) is -0.564. The zero-order valence-electron chi connectivity index (χ0n) is 12.9. The van der Waals surface area contributed by atoms with E-state index >= 15 is 0 Å². The Morgan fingerprint density at radius 1 is 1.12 bits per heavy atom. The Balaban J connectivity index is 2.05. The molecule has 26 heavy (non-hydrogen) atoms. The van der Waals surface area contributed by atoms with Crippen LogP contribution in [0.25, 0.3) is 0 Å².